The first kappa shape index (κ1) is 11.6. The summed E-state index contributed by atoms with van der Waals surface area (Å²) in [6, 6.07) is 3.60. The van der Waals surface area contributed by atoms with E-state index in [1.165, 1.54) is 6.08 Å². The second-order valence-corrected chi connectivity index (χ2v) is 3.35. The summed E-state index contributed by atoms with van der Waals surface area (Å²) in [4.78, 5) is 11.3. The van der Waals surface area contributed by atoms with Crippen LogP contribution in [0.15, 0.2) is 28.9 Å². The number of nitrogens with one attached hydrogen (secondary N) is 1. The zero-order valence-corrected chi connectivity index (χ0v) is 9.03. The van der Waals surface area contributed by atoms with E-state index in [9.17, 15) is 4.79 Å². The van der Waals surface area contributed by atoms with Crippen LogP contribution in [-0.2, 0) is 4.79 Å². The molecule has 0 saturated heterocycles. The van der Waals surface area contributed by atoms with Crippen LogP contribution >= 0.6 is 0 Å². The van der Waals surface area contributed by atoms with Gasteiger partial charge in [0.25, 0.3) is 0 Å². The van der Waals surface area contributed by atoms with Crippen molar-refractivity contribution in [2.45, 2.75) is 26.2 Å². The van der Waals surface area contributed by atoms with Gasteiger partial charge in [0.1, 0.15) is 5.76 Å². The van der Waals surface area contributed by atoms with Crippen LogP contribution in [0.3, 0.4) is 0 Å². The molecule has 1 aromatic heterocycles. The summed E-state index contributed by atoms with van der Waals surface area (Å²) in [5.74, 6) is 0.626. The Hall–Kier alpha value is -1.51. The van der Waals surface area contributed by atoms with E-state index in [-0.39, 0.29) is 5.91 Å². The molecule has 1 N–H and O–H groups in total. The van der Waals surface area contributed by atoms with Crippen molar-refractivity contribution in [2.24, 2.45) is 0 Å². The zero-order valence-electron chi connectivity index (χ0n) is 9.03. The SMILES string of the molecule is CCCCCNC(=O)C=Cc1ccco1. The smallest absolute Gasteiger partial charge is 0.244 e. The highest BCUT2D eigenvalue weighted by molar-refractivity contribution is 5.91. The van der Waals surface area contributed by atoms with Gasteiger partial charge in [0, 0.05) is 12.6 Å². The van der Waals surface area contributed by atoms with Crippen molar-refractivity contribution in [3.8, 4) is 0 Å². The first-order valence-electron chi connectivity index (χ1n) is 5.32. The van der Waals surface area contributed by atoms with Gasteiger partial charge in [-0.2, -0.15) is 0 Å². The first-order chi connectivity index (χ1) is 7.33. The minimum Gasteiger partial charge on any atom is -0.465 e. The number of carbonyl (C=O) groups is 1. The molecule has 0 spiro atoms. The van der Waals surface area contributed by atoms with Crippen LogP contribution in [0.5, 0.6) is 0 Å². The molecule has 1 amide bonds. The lowest BCUT2D eigenvalue weighted by molar-refractivity contribution is -0.116. The molecule has 0 aromatic carbocycles. The fraction of sp³-hybridized carbons (Fsp3) is 0.417. The van der Waals surface area contributed by atoms with Gasteiger partial charge in [-0.05, 0) is 24.6 Å². The molecule has 0 aliphatic carbocycles. The van der Waals surface area contributed by atoms with Gasteiger partial charge in [-0.25, -0.2) is 0 Å². The van der Waals surface area contributed by atoms with Crippen LogP contribution in [0.1, 0.15) is 31.9 Å². The maximum atomic E-state index is 11.3. The van der Waals surface area contributed by atoms with Gasteiger partial charge in [0.05, 0.1) is 6.26 Å². The maximum Gasteiger partial charge on any atom is 0.244 e. The van der Waals surface area contributed by atoms with Crippen molar-refractivity contribution < 1.29 is 9.21 Å². The largest absolute Gasteiger partial charge is 0.465 e. The van der Waals surface area contributed by atoms with E-state index < -0.39 is 0 Å². The summed E-state index contributed by atoms with van der Waals surface area (Å²) in [5, 5.41) is 2.81. The highest BCUT2D eigenvalue weighted by Gasteiger charge is 1.94. The Kier molecular flexibility index (Phi) is 5.30. The summed E-state index contributed by atoms with van der Waals surface area (Å²) >= 11 is 0. The predicted octanol–water partition coefficient (Wildman–Crippen LogP) is 2.60. The molecular formula is C12H17NO2. The third-order valence-corrected chi connectivity index (χ3v) is 2.02. The summed E-state index contributed by atoms with van der Waals surface area (Å²) < 4.78 is 5.06. The van der Waals surface area contributed by atoms with Crippen LogP contribution in [0.25, 0.3) is 6.08 Å². The topological polar surface area (TPSA) is 42.2 Å². The van der Waals surface area contributed by atoms with E-state index in [2.05, 4.69) is 12.2 Å². The van der Waals surface area contributed by atoms with Crippen molar-refractivity contribution in [1.82, 2.24) is 5.32 Å². The standard InChI is InChI=1S/C12H17NO2/c1-2-3-4-9-13-12(14)8-7-11-6-5-10-15-11/h5-8,10H,2-4,9H2,1H3,(H,13,14). The monoisotopic (exact) mass is 207 g/mol. The van der Waals surface area contributed by atoms with Crippen molar-refractivity contribution >= 4 is 12.0 Å². The molecule has 0 aliphatic heterocycles. The molecule has 1 rings (SSSR count). The highest BCUT2D eigenvalue weighted by atomic mass is 16.3. The van der Waals surface area contributed by atoms with Crippen LogP contribution in [0, 0.1) is 0 Å². The zero-order chi connectivity index (χ0) is 10.9. The van der Waals surface area contributed by atoms with Gasteiger partial charge in [0.15, 0.2) is 0 Å². The third-order valence-electron chi connectivity index (χ3n) is 2.02. The molecule has 3 nitrogen and oxygen atoms in total. The van der Waals surface area contributed by atoms with Crippen molar-refractivity contribution in [3.63, 3.8) is 0 Å². The van der Waals surface area contributed by atoms with Crippen LogP contribution in [0.4, 0.5) is 0 Å². The Balaban J connectivity index is 2.18. The quantitative estimate of drug-likeness (QED) is 0.575. The highest BCUT2D eigenvalue weighted by Crippen LogP contribution is 2.01. The van der Waals surface area contributed by atoms with Crippen LogP contribution in [0.2, 0.25) is 0 Å². The molecule has 0 saturated carbocycles. The fourth-order valence-corrected chi connectivity index (χ4v) is 1.19. The Morgan fingerprint density at radius 3 is 3.07 bits per heavy atom. The summed E-state index contributed by atoms with van der Waals surface area (Å²) in [7, 11) is 0. The van der Waals surface area contributed by atoms with E-state index in [4.69, 9.17) is 4.42 Å². The van der Waals surface area contributed by atoms with E-state index in [1.54, 1.807) is 24.5 Å². The second-order valence-electron chi connectivity index (χ2n) is 3.35. The van der Waals surface area contributed by atoms with Crippen LogP contribution in [-0.4, -0.2) is 12.5 Å². The molecule has 3 heteroatoms. The fourth-order valence-electron chi connectivity index (χ4n) is 1.19. The molecule has 82 valence electrons. The van der Waals surface area contributed by atoms with E-state index >= 15 is 0 Å². The number of furan rings is 1. The minimum atomic E-state index is -0.0671. The average Bonchev–Trinajstić information content (AvgIpc) is 2.74. The molecule has 0 aliphatic rings. The van der Waals surface area contributed by atoms with Gasteiger partial charge < -0.3 is 9.73 Å². The summed E-state index contributed by atoms with van der Waals surface area (Å²) in [6.07, 6.45) is 8.09. The normalized spacial score (nSPS) is 10.7. The lowest BCUT2D eigenvalue weighted by Gasteiger charge is -1.99. The first-order valence-corrected chi connectivity index (χ1v) is 5.32. The van der Waals surface area contributed by atoms with Gasteiger partial charge in [-0.1, -0.05) is 19.8 Å². The molecule has 0 atom stereocenters. The number of rotatable bonds is 6. The number of amides is 1. The van der Waals surface area contributed by atoms with Gasteiger partial charge >= 0.3 is 0 Å². The lowest BCUT2D eigenvalue weighted by Crippen LogP contribution is -2.21. The number of unbranched alkanes of at least 4 members (excludes halogenated alkanes) is 2. The van der Waals surface area contributed by atoms with E-state index in [0.717, 1.165) is 25.8 Å². The van der Waals surface area contributed by atoms with E-state index in [1.807, 2.05) is 0 Å². The van der Waals surface area contributed by atoms with Gasteiger partial charge in [0.2, 0.25) is 5.91 Å². The molecule has 1 aromatic rings. The predicted molar refractivity (Wildman–Crippen MR) is 60.3 cm³/mol. The Morgan fingerprint density at radius 2 is 2.40 bits per heavy atom. The lowest BCUT2D eigenvalue weighted by atomic mass is 10.2. The number of hydrogen-bond acceptors (Lipinski definition) is 2. The van der Waals surface area contributed by atoms with E-state index in [0.29, 0.717) is 5.76 Å². The molecule has 1 heterocycles. The molecule has 0 unspecified atom stereocenters. The third kappa shape index (κ3) is 5.05. The Morgan fingerprint density at radius 1 is 1.53 bits per heavy atom. The van der Waals surface area contributed by atoms with Crippen molar-refractivity contribution in [3.05, 3.63) is 30.2 Å². The molecule has 0 radical (unpaired) electrons. The Labute approximate surface area is 90.2 Å². The number of carbonyl (C=O) groups excluding carboxylic acids is 1. The Bertz CT molecular complexity index is 301. The van der Waals surface area contributed by atoms with Gasteiger partial charge in [-0.15, -0.1) is 0 Å². The average molecular weight is 207 g/mol. The summed E-state index contributed by atoms with van der Waals surface area (Å²) in [6.45, 7) is 2.88. The second kappa shape index (κ2) is 6.87. The maximum absolute atomic E-state index is 11.3. The molecule has 0 fully saturated rings. The van der Waals surface area contributed by atoms with Gasteiger partial charge in [-0.3, -0.25) is 4.79 Å². The molecule has 15 heavy (non-hydrogen) atoms. The number of hydrogen-bond donors (Lipinski definition) is 1. The van der Waals surface area contributed by atoms with Crippen molar-refractivity contribution in [2.75, 3.05) is 6.54 Å². The minimum absolute atomic E-state index is 0.0671. The molecular weight excluding hydrogens is 190 g/mol. The van der Waals surface area contributed by atoms with Crippen LogP contribution < -0.4 is 5.32 Å². The summed E-state index contributed by atoms with van der Waals surface area (Å²) in [5.41, 5.74) is 0. The molecule has 0 bridgehead atoms. The van der Waals surface area contributed by atoms with Crippen molar-refractivity contribution in [1.29, 1.82) is 0 Å².